The van der Waals surface area contributed by atoms with Gasteiger partial charge >= 0.3 is 13.8 Å². The molecule has 0 aliphatic rings. The minimum absolute atomic E-state index is 0.0645. The van der Waals surface area contributed by atoms with Crippen molar-refractivity contribution in [2.75, 3.05) is 26.2 Å². The normalized spacial score (nSPS) is 15.3. The summed E-state index contributed by atoms with van der Waals surface area (Å²) in [6, 6.07) is 0.509. The molecule has 2 atom stereocenters. The monoisotopic (exact) mass is 392 g/mol. The van der Waals surface area contributed by atoms with Gasteiger partial charge in [-0.15, -0.1) is 0 Å². The molecular weight excluding hydrogens is 353 g/mol. The highest BCUT2D eigenvalue weighted by molar-refractivity contribution is 7.48. The molecule has 0 aliphatic heterocycles. The fraction of sp³-hybridized carbons (Fsp3) is 0.842. The zero-order chi connectivity index (χ0) is 20.2. The standard InChI is InChI=1S/C19H38NO5P/c1-7-13-20(14-8-2,15-9-3)18(10-4)12-11-16-24-26(22,23)25-19(21)17(5)6/h18H,5,7-16H2,1-4,6H3/p+1. The molecule has 154 valence electrons. The number of carbonyl (C=O) groups is 1. The number of nitrogens with zero attached hydrogens (tertiary/aromatic N) is 1. The van der Waals surface area contributed by atoms with Gasteiger partial charge in [0.05, 0.1) is 32.3 Å². The van der Waals surface area contributed by atoms with E-state index in [0.717, 1.165) is 56.2 Å². The van der Waals surface area contributed by atoms with Crippen LogP contribution in [0.25, 0.3) is 0 Å². The number of rotatable bonds is 15. The molecule has 0 spiro atoms. The Kier molecular flexibility index (Phi) is 12.3. The molecule has 0 aliphatic carbocycles. The lowest BCUT2D eigenvalue weighted by atomic mass is 10.0. The molecule has 0 bridgehead atoms. The van der Waals surface area contributed by atoms with Crippen LogP contribution in [0.2, 0.25) is 0 Å². The Morgan fingerprint density at radius 3 is 2.00 bits per heavy atom. The first-order valence-corrected chi connectivity index (χ1v) is 11.4. The van der Waals surface area contributed by atoms with Crippen molar-refractivity contribution in [1.82, 2.24) is 0 Å². The van der Waals surface area contributed by atoms with Crippen molar-refractivity contribution >= 4 is 13.8 Å². The van der Waals surface area contributed by atoms with Gasteiger partial charge in [-0.3, -0.25) is 9.42 Å². The quantitative estimate of drug-likeness (QED) is 0.187. The summed E-state index contributed by atoms with van der Waals surface area (Å²) in [6.45, 7) is 17.3. The van der Waals surface area contributed by atoms with Gasteiger partial charge in [-0.1, -0.05) is 34.3 Å². The van der Waals surface area contributed by atoms with Crippen LogP contribution in [0.15, 0.2) is 12.2 Å². The van der Waals surface area contributed by atoms with Crippen LogP contribution in [-0.4, -0.2) is 47.6 Å². The fourth-order valence-corrected chi connectivity index (χ4v) is 4.57. The summed E-state index contributed by atoms with van der Waals surface area (Å²) in [5.74, 6) is -0.910. The highest BCUT2D eigenvalue weighted by atomic mass is 31.2. The Morgan fingerprint density at radius 1 is 1.12 bits per heavy atom. The average Bonchev–Trinajstić information content (AvgIpc) is 2.54. The Morgan fingerprint density at radius 2 is 1.62 bits per heavy atom. The van der Waals surface area contributed by atoms with Gasteiger partial charge < -0.3 is 9.01 Å². The lowest BCUT2D eigenvalue weighted by Gasteiger charge is -2.45. The van der Waals surface area contributed by atoms with Gasteiger partial charge in [0.25, 0.3) is 0 Å². The van der Waals surface area contributed by atoms with Gasteiger partial charge in [0.1, 0.15) is 0 Å². The van der Waals surface area contributed by atoms with E-state index < -0.39 is 13.8 Å². The molecule has 26 heavy (non-hydrogen) atoms. The molecule has 1 N–H and O–H groups in total. The van der Waals surface area contributed by atoms with Gasteiger partial charge in [-0.25, -0.2) is 9.36 Å². The van der Waals surface area contributed by atoms with Crippen LogP contribution in [0.1, 0.15) is 73.1 Å². The first kappa shape index (κ1) is 25.3. The topological polar surface area (TPSA) is 72.8 Å². The van der Waals surface area contributed by atoms with E-state index in [1.165, 1.54) is 6.92 Å². The van der Waals surface area contributed by atoms with E-state index in [-0.39, 0.29) is 12.2 Å². The van der Waals surface area contributed by atoms with E-state index in [2.05, 4.69) is 38.8 Å². The van der Waals surface area contributed by atoms with Crippen molar-refractivity contribution in [3.8, 4) is 0 Å². The summed E-state index contributed by atoms with van der Waals surface area (Å²) in [6.07, 6.45) is 6.10. The summed E-state index contributed by atoms with van der Waals surface area (Å²) < 4.78 is 22.3. The van der Waals surface area contributed by atoms with Gasteiger partial charge in [0.15, 0.2) is 0 Å². The van der Waals surface area contributed by atoms with Crippen LogP contribution in [0.4, 0.5) is 0 Å². The number of phosphoric acid groups is 1. The van der Waals surface area contributed by atoms with Crippen LogP contribution in [-0.2, 0) is 18.4 Å². The van der Waals surface area contributed by atoms with E-state index in [1.807, 2.05) is 0 Å². The molecule has 0 amide bonds. The summed E-state index contributed by atoms with van der Waals surface area (Å²) in [4.78, 5) is 21.0. The van der Waals surface area contributed by atoms with Crippen LogP contribution < -0.4 is 0 Å². The highest BCUT2D eigenvalue weighted by Gasteiger charge is 2.33. The third-order valence-corrected chi connectivity index (χ3v) is 5.64. The molecule has 2 unspecified atom stereocenters. The van der Waals surface area contributed by atoms with Crippen molar-refractivity contribution in [3.63, 3.8) is 0 Å². The first-order chi connectivity index (χ1) is 12.2. The van der Waals surface area contributed by atoms with E-state index >= 15 is 0 Å². The van der Waals surface area contributed by atoms with E-state index in [9.17, 15) is 14.3 Å². The van der Waals surface area contributed by atoms with Gasteiger partial charge in [-0.05, 0) is 39.0 Å². The van der Waals surface area contributed by atoms with Crippen molar-refractivity contribution in [2.45, 2.75) is 79.2 Å². The number of hydrogen-bond acceptors (Lipinski definition) is 4. The second-order valence-corrected chi connectivity index (χ2v) is 8.43. The summed E-state index contributed by atoms with van der Waals surface area (Å²) in [5.41, 5.74) is 0.0645. The van der Waals surface area contributed by atoms with Crippen molar-refractivity contribution in [2.24, 2.45) is 0 Å². The first-order valence-electron chi connectivity index (χ1n) is 9.90. The van der Waals surface area contributed by atoms with Crippen molar-refractivity contribution in [1.29, 1.82) is 0 Å². The molecule has 0 aromatic rings. The summed E-state index contributed by atoms with van der Waals surface area (Å²) in [7, 11) is -4.37. The average molecular weight is 392 g/mol. The lowest BCUT2D eigenvalue weighted by molar-refractivity contribution is -0.952. The van der Waals surface area contributed by atoms with Crippen LogP contribution in [0.3, 0.4) is 0 Å². The predicted molar refractivity (Wildman–Crippen MR) is 106 cm³/mol. The molecule has 0 aromatic carbocycles. The molecule has 0 fully saturated rings. The predicted octanol–water partition coefficient (Wildman–Crippen LogP) is 4.83. The maximum Gasteiger partial charge on any atom is 0.529 e. The Hall–Kier alpha value is -0.680. The van der Waals surface area contributed by atoms with Crippen molar-refractivity contribution < 1.29 is 27.8 Å². The number of phosphoric ester groups is 1. The smallest absolute Gasteiger partial charge is 0.367 e. The molecule has 0 heterocycles. The number of carbonyl (C=O) groups excluding carboxylic acids is 1. The Balaban J connectivity index is 4.73. The van der Waals surface area contributed by atoms with Crippen LogP contribution in [0.5, 0.6) is 0 Å². The number of hydrogen-bond donors (Lipinski definition) is 1. The SMILES string of the molecule is C=C(C)C(=O)OP(=O)(O)OCCCC(CC)[N+](CCC)(CCC)CCC. The molecule has 0 radical (unpaired) electrons. The van der Waals surface area contributed by atoms with Crippen LogP contribution >= 0.6 is 7.82 Å². The largest absolute Gasteiger partial charge is 0.529 e. The summed E-state index contributed by atoms with van der Waals surface area (Å²) >= 11 is 0. The molecule has 0 aromatic heterocycles. The molecule has 0 rings (SSSR count). The lowest BCUT2D eigenvalue weighted by Crippen LogP contribution is -2.56. The Labute approximate surface area is 159 Å². The second kappa shape index (κ2) is 12.7. The molecule has 6 nitrogen and oxygen atoms in total. The summed E-state index contributed by atoms with van der Waals surface area (Å²) in [5, 5.41) is 0. The zero-order valence-electron chi connectivity index (χ0n) is 17.3. The van der Waals surface area contributed by atoms with E-state index in [1.54, 1.807) is 0 Å². The maximum atomic E-state index is 11.8. The van der Waals surface area contributed by atoms with Gasteiger partial charge in [0, 0.05) is 12.0 Å². The Bertz CT molecular complexity index is 464. The van der Waals surface area contributed by atoms with Crippen molar-refractivity contribution in [3.05, 3.63) is 12.2 Å². The fourth-order valence-electron chi connectivity index (χ4n) is 3.79. The molecule has 0 saturated carbocycles. The van der Waals surface area contributed by atoms with Gasteiger partial charge in [0.2, 0.25) is 0 Å². The molecule has 7 heteroatoms. The maximum absolute atomic E-state index is 11.8. The van der Waals surface area contributed by atoms with Gasteiger partial charge in [-0.2, -0.15) is 0 Å². The van der Waals surface area contributed by atoms with E-state index in [4.69, 9.17) is 4.52 Å². The highest BCUT2D eigenvalue weighted by Crippen LogP contribution is 2.44. The third kappa shape index (κ3) is 8.81. The number of quaternary nitrogens is 1. The molecular formula is C19H39NO5P+. The zero-order valence-corrected chi connectivity index (χ0v) is 18.2. The second-order valence-electron chi connectivity index (χ2n) is 7.05. The van der Waals surface area contributed by atoms with E-state index in [0.29, 0.717) is 12.5 Å². The van der Waals surface area contributed by atoms with Crippen LogP contribution in [0, 0.1) is 0 Å². The third-order valence-electron chi connectivity index (χ3n) is 4.74. The molecule has 0 saturated heterocycles. The minimum Gasteiger partial charge on any atom is -0.367 e. The minimum atomic E-state index is -4.37.